The maximum atomic E-state index is 13.1. The van der Waals surface area contributed by atoms with Gasteiger partial charge in [-0.2, -0.15) is 0 Å². The number of nitrogens with one attached hydrogen (secondary N) is 3. The number of piperazine rings is 1. The molecule has 1 aliphatic rings. The molecule has 1 saturated heterocycles. The van der Waals surface area contributed by atoms with E-state index >= 15 is 0 Å². The van der Waals surface area contributed by atoms with Gasteiger partial charge >= 0.3 is 0 Å². The number of rotatable bonds is 6. The van der Waals surface area contributed by atoms with Gasteiger partial charge in [0, 0.05) is 25.6 Å². The molecular formula is C17H24FN4O3+. The van der Waals surface area contributed by atoms with Crippen molar-refractivity contribution in [1.29, 1.82) is 0 Å². The number of halogens is 1. The third-order valence-corrected chi connectivity index (χ3v) is 4.05. The summed E-state index contributed by atoms with van der Waals surface area (Å²) in [4.78, 5) is 37.7. The standard InChI is InChI=1S/C17H23FN4O3/c1-13(23)19-6-5-17(25)22-9-7-21(8-10-22)12-16(24)20-15-4-2-3-14(18)11-15/h2-4,11H,5-10,12H2,1H3,(H,19,23)(H,20,24)/p+1. The van der Waals surface area contributed by atoms with E-state index in [1.54, 1.807) is 17.0 Å². The van der Waals surface area contributed by atoms with Gasteiger partial charge in [0.2, 0.25) is 11.8 Å². The molecule has 1 aliphatic heterocycles. The summed E-state index contributed by atoms with van der Waals surface area (Å²) in [6.45, 7) is 4.58. The number of carbonyl (C=O) groups is 3. The van der Waals surface area contributed by atoms with Gasteiger partial charge in [0.25, 0.3) is 5.91 Å². The summed E-state index contributed by atoms with van der Waals surface area (Å²) in [5, 5.41) is 5.29. The van der Waals surface area contributed by atoms with Crippen LogP contribution >= 0.6 is 0 Å². The number of quaternary nitrogens is 1. The normalized spacial score (nSPS) is 14.9. The second-order valence-corrected chi connectivity index (χ2v) is 6.10. The van der Waals surface area contributed by atoms with E-state index in [0.29, 0.717) is 38.4 Å². The third-order valence-electron chi connectivity index (χ3n) is 4.05. The minimum atomic E-state index is -0.392. The third kappa shape index (κ3) is 6.50. The van der Waals surface area contributed by atoms with Gasteiger partial charge in [0.1, 0.15) is 5.82 Å². The lowest BCUT2D eigenvalue weighted by atomic mass is 10.2. The maximum absolute atomic E-state index is 13.1. The molecule has 1 aromatic rings. The van der Waals surface area contributed by atoms with Crippen molar-refractivity contribution in [1.82, 2.24) is 10.2 Å². The SMILES string of the molecule is CC(=O)NCCC(=O)N1CC[NH+](CC(=O)Nc2cccc(F)c2)CC1. The molecule has 3 N–H and O–H groups in total. The van der Waals surface area contributed by atoms with E-state index in [2.05, 4.69) is 10.6 Å². The molecule has 0 spiro atoms. The summed E-state index contributed by atoms with van der Waals surface area (Å²) >= 11 is 0. The number of carbonyl (C=O) groups excluding carboxylic acids is 3. The first-order valence-electron chi connectivity index (χ1n) is 8.35. The minimum Gasteiger partial charge on any atom is -0.356 e. The van der Waals surface area contributed by atoms with Gasteiger partial charge in [-0.15, -0.1) is 0 Å². The Labute approximate surface area is 146 Å². The highest BCUT2D eigenvalue weighted by Gasteiger charge is 2.24. The van der Waals surface area contributed by atoms with Crippen molar-refractivity contribution < 1.29 is 23.7 Å². The Hall–Kier alpha value is -2.48. The molecule has 0 unspecified atom stereocenters. The van der Waals surface area contributed by atoms with E-state index in [1.807, 2.05) is 0 Å². The molecule has 25 heavy (non-hydrogen) atoms. The van der Waals surface area contributed by atoms with Crippen LogP contribution in [0.25, 0.3) is 0 Å². The highest BCUT2D eigenvalue weighted by Crippen LogP contribution is 2.08. The zero-order valence-corrected chi connectivity index (χ0v) is 14.3. The average molecular weight is 351 g/mol. The molecule has 7 nitrogen and oxygen atoms in total. The number of amides is 3. The summed E-state index contributed by atoms with van der Waals surface area (Å²) in [5.74, 6) is -0.703. The number of hydrogen-bond acceptors (Lipinski definition) is 3. The van der Waals surface area contributed by atoms with E-state index in [4.69, 9.17) is 0 Å². The van der Waals surface area contributed by atoms with Crippen LogP contribution in [0.3, 0.4) is 0 Å². The lowest BCUT2D eigenvalue weighted by molar-refractivity contribution is -0.895. The zero-order chi connectivity index (χ0) is 18.2. The van der Waals surface area contributed by atoms with Gasteiger partial charge in [0.05, 0.1) is 26.2 Å². The predicted molar refractivity (Wildman–Crippen MR) is 90.5 cm³/mol. The Bertz CT molecular complexity index is 630. The minimum absolute atomic E-state index is 0.0111. The molecule has 0 bridgehead atoms. The zero-order valence-electron chi connectivity index (χ0n) is 14.3. The highest BCUT2D eigenvalue weighted by atomic mass is 19.1. The first-order valence-corrected chi connectivity index (χ1v) is 8.35. The number of nitrogens with zero attached hydrogens (tertiary/aromatic N) is 1. The van der Waals surface area contributed by atoms with E-state index in [-0.39, 0.29) is 30.7 Å². The van der Waals surface area contributed by atoms with Gasteiger partial charge < -0.3 is 20.4 Å². The van der Waals surface area contributed by atoms with Gasteiger partial charge in [0.15, 0.2) is 6.54 Å². The van der Waals surface area contributed by atoms with E-state index in [9.17, 15) is 18.8 Å². The van der Waals surface area contributed by atoms with E-state index in [1.165, 1.54) is 19.1 Å². The van der Waals surface area contributed by atoms with Crippen molar-refractivity contribution in [2.75, 3.05) is 44.6 Å². The van der Waals surface area contributed by atoms with Crippen molar-refractivity contribution in [3.8, 4) is 0 Å². The summed E-state index contributed by atoms with van der Waals surface area (Å²) < 4.78 is 13.1. The topological polar surface area (TPSA) is 83.0 Å². The Morgan fingerprint density at radius 3 is 2.60 bits per heavy atom. The second-order valence-electron chi connectivity index (χ2n) is 6.10. The van der Waals surface area contributed by atoms with Crippen LogP contribution in [0.4, 0.5) is 10.1 Å². The predicted octanol–water partition coefficient (Wildman–Crippen LogP) is -0.982. The van der Waals surface area contributed by atoms with Crippen LogP contribution in [0.15, 0.2) is 24.3 Å². The largest absolute Gasteiger partial charge is 0.356 e. The Kier molecular flexibility index (Phi) is 6.88. The summed E-state index contributed by atoms with van der Waals surface area (Å²) in [6, 6.07) is 5.78. The number of benzene rings is 1. The maximum Gasteiger partial charge on any atom is 0.279 e. The molecule has 1 aromatic carbocycles. The first kappa shape index (κ1) is 18.9. The summed E-state index contributed by atoms with van der Waals surface area (Å²) in [6.07, 6.45) is 0.287. The fourth-order valence-electron chi connectivity index (χ4n) is 2.75. The fourth-order valence-corrected chi connectivity index (χ4v) is 2.75. The number of hydrogen-bond donors (Lipinski definition) is 3. The van der Waals surface area contributed by atoms with Gasteiger partial charge in [-0.25, -0.2) is 4.39 Å². The highest BCUT2D eigenvalue weighted by molar-refractivity contribution is 5.91. The molecule has 0 aromatic heterocycles. The quantitative estimate of drug-likeness (QED) is 0.616. The van der Waals surface area contributed by atoms with Crippen LogP contribution in [-0.2, 0) is 14.4 Å². The fraction of sp³-hybridized carbons (Fsp3) is 0.471. The van der Waals surface area contributed by atoms with Crippen LogP contribution in [0.5, 0.6) is 0 Å². The van der Waals surface area contributed by atoms with Crippen LogP contribution in [0.2, 0.25) is 0 Å². The molecule has 2 rings (SSSR count). The van der Waals surface area contributed by atoms with Crippen LogP contribution in [0.1, 0.15) is 13.3 Å². The Morgan fingerprint density at radius 1 is 1.24 bits per heavy atom. The summed E-state index contributed by atoms with van der Waals surface area (Å²) in [7, 11) is 0. The molecule has 136 valence electrons. The molecule has 0 radical (unpaired) electrons. The smallest absolute Gasteiger partial charge is 0.279 e. The van der Waals surface area contributed by atoms with Crippen LogP contribution < -0.4 is 15.5 Å². The molecule has 0 saturated carbocycles. The van der Waals surface area contributed by atoms with E-state index in [0.717, 1.165) is 4.90 Å². The van der Waals surface area contributed by atoms with E-state index < -0.39 is 5.82 Å². The van der Waals surface area contributed by atoms with Gasteiger partial charge in [-0.3, -0.25) is 14.4 Å². The first-order chi connectivity index (χ1) is 11.9. The lowest BCUT2D eigenvalue weighted by Crippen LogP contribution is -3.15. The summed E-state index contributed by atoms with van der Waals surface area (Å²) in [5.41, 5.74) is 0.441. The molecular weight excluding hydrogens is 327 g/mol. The van der Waals surface area contributed by atoms with Crippen molar-refractivity contribution >= 4 is 23.4 Å². The van der Waals surface area contributed by atoms with Gasteiger partial charge in [-0.05, 0) is 18.2 Å². The molecule has 1 fully saturated rings. The average Bonchev–Trinajstić information content (AvgIpc) is 2.55. The van der Waals surface area contributed by atoms with Crippen molar-refractivity contribution in [3.63, 3.8) is 0 Å². The number of anilines is 1. The lowest BCUT2D eigenvalue weighted by Gasteiger charge is -2.32. The van der Waals surface area contributed by atoms with Crippen LogP contribution in [-0.4, -0.2) is 61.9 Å². The molecule has 0 atom stereocenters. The Balaban J connectivity index is 1.70. The second kappa shape index (κ2) is 9.12. The molecule has 1 heterocycles. The van der Waals surface area contributed by atoms with Crippen molar-refractivity contribution in [2.45, 2.75) is 13.3 Å². The molecule has 0 aliphatic carbocycles. The molecule has 3 amide bonds. The van der Waals surface area contributed by atoms with Crippen molar-refractivity contribution in [3.05, 3.63) is 30.1 Å². The van der Waals surface area contributed by atoms with Crippen molar-refractivity contribution in [2.24, 2.45) is 0 Å². The van der Waals surface area contributed by atoms with Gasteiger partial charge in [-0.1, -0.05) is 6.07 Å². The molecule has 8 heteroatoms. The van der Waals surface area contributed by atoms with Crippen LogP contribution in [0, 0.1) is 5.82 Å². The monoisotopic (exact) mass is 351 g/mol. The Morgan fingerprint density at radius 2 is 1.96 bits per heavy atom.